The van der Waals surface area contributed by atoms with Crippen molar-refractivity contribution in [2.45, 2.75) is 25.2 Å². The van der Waals surface area contributed by atoms with Gasteiger partial charge in [0.2, 0.25) is 10.0 Å². The highest BCUT2D eigenvalue weighted by Gasteiger charge is 2.12. The Kier molecular flexibility index (Phi) is 3.60. The van der Waals surface area contributed by atoms with Crippen LogP contribution in [-0.2, 0) is 10.0 Å². The summed E-state index contributed by atoms with van der Waals surface area (Å²) in [6.45, 7) is 4.18. The molecule has 0 saturated heterocycles. The first-order valence-electron chi connectivity index (χ1n) is 4.48. The maximum atomic E-state index is 11.6. The van der Waals surface area contributed by atoms with E-state index in [0.29, 0.717) is 6.54 Å². The van der Waals surface area contributed by atoms with Crippen molar-refractivity contribution in [1.82, 2.24) is 9.71 Å². The number of hydrogen-bond donors (Lipinski definition) is 1. The van der Waals surface area contributed by atoms with E-state index in [1.54, 1.807) is 12.1 Å². The fourth-order valence-corrected chi connectivity index (χ4v) is 2.01. The Morgan fingerprint density at radius 1 is 1.43 bits per heavy atom. The molecule has 0 bridgehead atoms. The van der Waals surface area contributed by atoms with Crippen LogP contribution in [0.2, 0.25) is 0 Å². The molecule has 0 aliphatic rings. The predicted octanol–water partition coefficient (Wildman–Crippen LogP) is 1.08. The standard InChI is InChI=1S/C9H14N2O2S/c1-3-6-11-14(12,13)9-5-4-8(2)10-7-9/h4-5,7,11H,3,6H2,1-2H3. The number of rotatable bonds is 4. The third-order valence-corrected chi connectivity index (χ3v) is 3.18. The van der Waals surface area contributed by atoms with Crippen LogP contribution in [0.15, 0.2) is 23.2 Å². The highest BCUT2D eigenvalue weighted by atomic mass is 32.2. The maximum absolute atomic E-state index is 11.6. The lowest BCUT2D eigenvalue weighted by atomic mass is 10.4. The lowest BCUT2D eigenvalue weighted by Gasteiger charge is -2.04. The smallest absolute Gasteiger partial charge is 0.242 e. The van der Waals surface area contributed by atoms with Crippen LogP contribution >= 0.6 is 0 Å². The highest BCUT2D eigenvalue weighted by molar-refractivity contribution is 7.89. The monoisotopic (exact) mass is 214 g/mol. The molecule has 5 heteroatoms. The minimum atomic E-state index is -3.35. The fraction of sp³-hybridized carbons (Fsp3) is 0.444. The Labute approximate surface area is 84.4 Å². The molecule has 1 aromatic heterocycles. The van der Waals surface area contributed by atoms with Crippen LogP contribution in [-0.4, -0.2) is 19.9 Å². The molecule has 0 radical (unpaired) electrons. The predicted molar refractivity (Wildman–Crippen MR) is 54.5 cm³/mol. The number of nitrogens with one attached hydrogen (secondary N) is 1. The molecule has 0 atom stereocenters. The van der Waals surface area contributed by atoms with Crippen molar-refractivity contribution in [1.29, 1.82) is 0 Å². The first-order valence-corrected chi connectivity index (χ1v) is 5.97. The Morgan fingerprint density at radius 2 is 2.14 bits per heavy atom. The molecule has 1 aromatic rings. The summed E-state index contributed by atoms with van der Waals surface area (Å²) in [6.07, 6.45) is 2.14. The zero-order valence-electron chi connectivity index (χ0n) is 8.32. The van der Waals surface area contributed by atoms with Gasteiger partial charge in [0.15, 0.2) is 0 Å². The average molecular weight is 214 g/mol. The van der Waals surface area contributed by atoms with Gasteiger partial charge in [0.1, 0.15) is 4.90 Å². The van der Waals surface area contributed by atoms with E-state index in [-0.39, 0.29) is 4.90 Å². The number of hydrogen-bond acceptors (Lipinski definition) is 3. The van der Waals surface area contributed by atoms with Gasteiger partial charge >= 0.3 is 0 Å². The van der Waals surface area contributed by atoms with Gasteiger partial charge in [0.25, 0.3) is 0 Å². The molecular formula is C9H14N2O2S. The minimum Gasteiger partial charge on any atom is -0.260 e. The summed E-state index contributed by atoms with van der Waals surface area (Å²) in [6, 6.07) is 3.24. The quantitative estimate of drug-likeness (QED) is 0.815. The van der Waals surface area contributed by atoms with Gasteiger partial charge in [-0.1, -0.05) is 6.92 Å². The van der Waals surface area contributed by atoms with Gasteiger partial charge in [-0.15, -0.1) is 0 Å². The molecule has 4 nitrogen and oxygen atoms in total. The van der Waals surface area contributed by atoms with Crippen molar-refractivity contribution in [3.8, 4) is 0 Å². The molecule has 0 aliphatic heterocycles. The molecule has 0 spiro atoms. The van der Waals surface area contributed by atoms with E-state index in [9.17, 15) is 8.42 Å². The SMILES string of the molecule is CCCNS(=O)(=O)c1ccc(C)nc1. The Balaban J connectivity index is 2.87. The van der Waals surface area contributed by atoms with Crippen molar-refractivity contribution >= 4 is 10.0 Å². The van der Waals surface area contributed by atoms with Crippen molar-refractivity contribution in [3.63, 3.8) is 0 Å². The highest BCUT2D eigenvalue weighted by Crippen LogP contribution is 2.06. The van der Waals surface area contributed by atoms with Crippen LogP contribution < -0.4 is 4.72 Å². The second-order valence-corrected chi connectivity index (χ2v) is 4.80. The topological polar surface area (TPSA) is 59.1 Å². The third-order valence-electron chi connectivity index (χ3n) is 1.74. The lowest BCUT2D eigenvalue weighted by Crippen LogP contribution is -2.24. The zero-order chi connectivity index (χ0) is 10.6. The third kappa shape index (κ3) is 2.78. The van der Waals surface area contributed by atoms with E-state index in [1.165, 1.54) is 6.20 Å². The Morgan fingerprint density at radius 3 is 2.64 bits per heavy atom. The summed E-state index contributed by atoms with van der Waals surface area (Å²) in [4.78, 5) is 4.15. The van der Waals surface area contributed by atoms with E-state index < -0.39 is 10.0 Å². The van der Waals surface area contributed by atoms with Crippen molar-refractivity contribution in [2.75, 3.05) is 6.54 Å². The summed E-state index contributed by atoms with van der Waals surface area (Å²) in [5.74, 6) is 0. The molecular weight excluding hydrogens is 200 g/mol. The number of aromatic nitrogens is 1. The van der Waals surface area contributed by atoms with Gasteiger partial charge in [-0.3, -0.25) is 4.98 Å². The number of aryl methyl sites for hydroxylation is 1. The summed E-state index contributed by atoms with van der Waals surface area (Å²) in [5.41, 5.74) is 0.805. The number of nitrogens with zero attached hydrogens (tertiary/aromatic N) is 1. The molecule has 1 heterocycles. The van der Waals surface area contributed by atoms with Gasteiger partial charge in [0.05, 0.1) is 0 Å². The molecule has 1 N–H and O–H groups in total. The molecule has 14 heavy (non-hydrogen) atoms. The Hall–Kier alpha value is -0.940. The molecule has 78 valence electrons. The molecule has 0 aliphatic carbocycles. The van der Waals surface area contributed by atoms with Crippen LogP contribution in [0.25, 0.3) is 0 Å². The maximum Gasteiger partial charge on any atom is 0.242 e. The molecule has 0 aromatic carbocycles. The number of sulfonamides is 1. The van der Waals surface area contributed by atoms with Crippen molar-refractivity contribution in [2.24, 2.45) is 0 Å². The van der Waals surface area contributed by atoms with E-state index >= 15 is 0 Å². The molecule has 0 saturated carbocycles. The Bertz CT molecular complexity index is 384. The molecule has 0 fully saturated rings. The van der Waals surface area contributed by atoms with Crippen LogP contribution in [0.1, 0.15) is 19.0 Å². The zero-order valence-corrected chi connectivity index (χ0v) is 9.13. The largest absolute Gasteiger partial charge is 0.260 e. The molecule has 0 amide bonds. The molecule has 0 unspecified atom stereocenters. The van der Waals surface area contributed by atoms with Crippen LogP contribution in [0.4, 0.5) is 0 Å². The summed E-state index contributed by atoms with van der Waals surface area (Å²) in [7, 11) is -3.35. The van der Waals surface area contributed by atoms with E-state index in [4.69, 9.17) is 0 Å². The summed E-state index contributed by atoms with van der Waals surface area (Å²) < 4.78 is 25.6. The molecule has 1 rings (SSSR count). The normalized spacial score (nSPS) is 11.6. The fourth-order valence-electron chi connectivity index (χ4n) is 0.933. The van der Waals surface area contributed by atoms with E-state index in [0.717, 1.165) is 12.1 Å². The van der Waals surface area contributed by atoms with Crippen LogP contribution in [0, 0.1) is 6.92 Å². The van der Waals surface area contributed by atoms with Gasteiger partial charge in [-0.05, 0) is 25.5 Å². The van der Waals surface area contributed by atoms with E-state index in [2.05, 4.69) is 9.71 Å². The van der Waals surface area contributed by atoms with Crippen LogP contribution in [0.3, 0.4) is 0 Å². The first-order chi connectivity index (χ1) is 6.56. The van der Waals surface area contributed by atoms with Gasteiger partial charge in [0, 0.05) is 18.4 Å². The average Bonchev–Trinajstić information content (AvgIpc) is 2.16. The van der Waals surface area contributed by atoms with Crippen molar-refractivity contribution < 1.29 is 8.42 Å². The van der Waals surface area contributed by atoms with Crippen molar-refractivity contribution in [3.05, 3.63) is 24.0 Å². The second kappa shape index (κ2) is 4.52. The summed E-state index contributed by atoms with van der Waals surface area (Å²) >= 11 is 0. The lowest BCUT2D eigenvalue weighted by molar-refractivity contribution is 0.580. The van der Waals surface area contributed by atoms with Gasteiger partial charge < -0.3 is 0 Å². The summed E-state index contributed by atoms with van der Waals surface area (Å²) in [5, 5.41) is 0. The number of pyridine rings is 1. The minimum absolute atomic E-state index is 0.219. The van der Waals surface area contributed by atoms with Gasteiger partial charge in [-0.2, -0.15) is 0 Å². The van der Waals surface area contributed by atoms with Gasteiger partial charge in [-0.25, -0.2) is 13.1 Å². The second-order valence-electron chi connectivity index (χ2n) is 3.03. The van der Waals surface area contributed by atoms with E-state index in [1.807, 2.05) is 13.8 Å². The van der Waals surface area contributed by atoms with Crippen LogP contribution in [0.5, 0.6) is 0 Å². The first kappa shape index (κ1) is 11.1.